The van der Waals surface area contributed by atoms with Crippen LogP contribution >= 0.6 is 0 Å². The summed E-state index contributed by atoms with van der Waals surface area (Å²) < 4.78 is 22.8. The molecule has 6 nitrogen and oxygen atoms in total. The number of nitrogens with zero attached hydrogens (tertiary/aromatic N) is 3. The van der Waals surface area contributed by atoms with E-state index in [9.17, 15) is 13.2 Å². The molecule has 1 aliphatic rings. The van der Waals surface area contributed by atoms with E-state index in [0.29, 0.717) is 19.5 Å². The van der Waals surface area contributed by atoms with Crippen molar-refractivity contribution in [3.63, 3.8) is 0 Å². The van der Waals surface area contributed by atoms with Crippen LogP contribution in [0.25, 0.3) is 0 Å². The highest BCUT2D eigenvalue weighted by Crippen LogP contribution is 2.11. The van der Waals surface area contributed by atoms with E-state index < -0.39 is 9.84 Å². The van der Waals surface area contributed by atoms with Crippen molar-refractivity contribution >= 4 is 15.7 Å². The van der Waals surface area contributed by atoms with Gasteiger partial charge < -0.3 is 4.90 Å². The van der Waals surface area contributed by atoms with Crippen molar-refractivity contribution in [1.29, 1.82) is 5.26 Å². The quantitative estimate of drug-likeness (QED) is 0.688. The predicted octanol–water partition coefficient (Wildman–Crippen LogP) is -0.523. The second-order valence-electron chi connectivity index (χ2n) is 4.66. The van der Waals surface area contributed by atoms with Gasteiger partial charge in [-0.25, -0.2) is 8.42 Å². The Balaban J connectivity index is 2.48. The predicted molar refractivity (Wildman–Crippen MR) is 67.6 cm³/mol. The molecule has 0 N–H and O–H groups in total. The number of sulfone groups is 1. The molecule has 1 heterocycles. The second kappa shape index (κ2) is 6.16. The van der Waals surface area contributed by atoms with Gasteiger partial charge in [-0.2, -0.15) is 5.26 Å². The first kappa shape index (κ1) is 14.9. The molecule has 0 bridgehead atoms. The number of amides is 1. The van der Waals surface area contributed by atoms with Crippen LogP contribution < -0.4 is 0 Å². The molecule has 0 spiro atoms. The largest absolute Gasteiger partial charge is 0.344 e. The van der Waals surface area contributed by atoms with Crippen LogP contribution in [0.4, 0.5) is 0 Å². The second-order valence-corrected chi connectivity index (χ2v) is 6.89. The zero-order chi connectivity index (χ0) is 13.8. The van der Waals surface area contributed by atoms with E-state index in [4.69, 9.17) is 5.26 Å². The molecule has 1 aliphatic heterocycles. The molecule has 1 atom stereocenters. The van der Waals surface area contributed by atoms with Crippen molar-refractivity contribution in [2.24, 2.45) is 0 Å². The molecule has 102 valence electrons. The molecule has 1 saturated heterocycles. The number of likely N-dealkylation sites (N-methyl/N-ethyl adjacent to an activating group) is 1. The highest BCUT2D eigenvalue weighted by atomic mass is 32.2. The highest BCUT2D eigenvalue weighted by molar-refractivity contribution is 7.91. The van der Waals surface area contributed by atoms with E-state index >= 15 is 0 Å². The number of hydrogen-bond donors (Lipinski definition) is 0. The fourth-order valence-electron chi connectivity index (χ4n) is 1.90. The summed E-state index contributed by atoms with van der Waals surface area (Å²) in [6, 6.07) is 1.86. The Kier molecular flexibility index (Phi) is 5.11. The third kappa shape index (κ3) is 4.27. The molecular formula is C11H19N3O3S. The van der Waals surface area contributed by atoms with Gasteiger partial charge in [0.15, 0.2) is 9.84 Å². The smallest absolute Gasteiger partial charge is 0.236 e. The van der Waals surface area contributed by atoms with Crippen molar-refractivity contribution in [3.05, 3.63) is 0 Å². The van der Waals surface area contributed by atoms with Crippen LogP contribution in [0, 0.1) is 11.3 Å². The third-order valence-electron chi connectivity index (χ3n) is 3.13. The number of hydrogen-bond acceptors (Lipinski definition) is 5. The summed E-state index contributed by atoms with van der Waals surface area (Å²) in [5.41, 5.74) is 0. The summed E-state index contributed by atoms with van der Waals surface area (Å²) in [6.07, 6.45) is 0.312. The van der Waals surface area contributed by atoms with Gasteiger partial charge in [0.25, 0.3) is 0 Å². The van der Waals surface area contributed by atoms with E-state index in [0.717, 1.165) is 0 Å². The Hall–Kier alpha value is -1.13. The van der Waals surface area contributed by atoms with E-state index in [2.05, 4.69) is 0 Å². The summed E-state index contributed by atoms with van der Waals surface area (Å²) in [5.74, 6) is 0.158. The summed E-state index contributed by atoms with van der Waals surface area (Å²) in [6.45, 7) is 2.86. The van der Waals surface area contributed by atoms with Crippen molar-refractivity contribution in [2.45, 2.75) is 19.4 Å². The van der Waals surface area contributed by atoms with E-state index in [1.54, 1.807) is 7.05 Å². The van der Waals surface area contributed by atoms with Crippen LogP contribution in [0.3, 0.4) is 0 Å². The molecule has 7 heteroatoms. The average molecular weight is 273 g/mol. The van der Waals surface area contributed by atoms with Crippen molar-refractivity contribution in [1.82, 2.24) is 9.80 Å². The summed E-state index contributed by atoms with van der Waals surface area (Å²) in [5, 5.41) is 8.45. The minimum atomic E-state index is -2.94. The summed E-state index contributed by atoms with van der Waals surface area (Å²) in [4.78, 5) is 15.2. The highest BCUT2D eigenvalue weighted by Gasteiger charge is 2.29. The van der Waals surface area contributed by atoms with Crippen LogP contribution in [-0.4, -0.2) is 68.4 Å². The Morgan fingerprint density at radius 3 is 2.78 bits per heavy atom. The zero-order valence-corrected chi connectivity index (χ0v) is 11.6. The molecule has 0 aliphatic carbocycles. The Labute approximate surface area is 108 Å². The lowest BCUT2D eigenvalue weighted by Crippen LogP contribution is -2.50. The number of nitriles is 1. The molecule has 0 aromatic heterocycles. The molecule has 1 amide bonds. The first-order valence-electron chi connectivity index (χ1n) is 5.91. The third-order valence-corrected chi connectivity index (χ3v) is 4.93. The number of rotatable bonds is 4. The Morgan fingerprint density at radius 2 is 2.22 bits per heavy atom. The van der Waals surface area contributed by atoms with Gasteiger partial charge in [-0.05, 0) is 6.92 Å². The first-order chi connectivity index (χ1) is 8.35. The fraction of sp³-hybridized carbons (Fsp3) is 0.818. The summed E-state index contributed by atoms with van der Waals surface area (Å²) in [7, 11) is -1.29. The fourth-order valence-corrected chi connectivity index (χ4v) is 3.53. The molecule has 1 fully saturated rings. The SMILES string of the molecule is CC1CS(=O)(=O)CCN1CC(=O)N(C)CCC#N. The van der Waals surface area contributed by atoms with E-state index in [1.165, 1.54) is 4.90 Å². The van der Waals surface area contributed by atoms with Crippen LogP contribution in [0.1, 0.15) is 13.3 Å². The van der Waals surface area contributed by atoms with Crippen molar-refractivity contribution in [3.8, 4) is 6.07 Å². The van der Waals surface area contributed by atoms with E-state index in [-0.39, 0.29) is 30.0 Å². The standard InChI is InChI=1S/C11H19N3O3S/c1-10-9-18(16,17)7-6-14(10)8-11(15)13(2)5-3-4-12/h10H,3,5-9H2,1-2H3. The molecular weight excluding hydrogens is 254 g/mol. The van der Waals surface area contributed by atoms with Crippen LogP contribution in [0.5, 0.6) is 0 Å². The first-order valence-corrected chi connectivity index (χ1v) is 7.73. The molecule has 1 unspecified atom stereocenters. The van der Waals surface area contributed by atoms with Gasteiger partial charge in [-0.15, -0.1) is 0 Å². The topological polar surface area (TPSA) is 81.5 Å². The number of carbonyl (C=O) groups is 1. The van der Waals surface area contributed by atoms with Gasteiger partial charge in [0, 0.05) is 26.2 Å². The molecule has 0 radical (unpaired) electrons. The Morgan fingerprint density at radius 1 is 1.56 bits per heavy atom. The van der Waals surface area contributed by atoms with E-state index in [1.807, 2.05) is 17.9 Å². The number of carbonyl (C=O) groups excluding carboxylic acids is 1. The molecule has 0 aromatic rings. The maximum absolute atomic E-state index is 11.8. The zero-order valence-electron chi connectivity index (χ0n) is 10.8. The average Bonchev–Trinajstić information content (AvgIpc) is 2.28. The normalized spacial score (nSPS) is 23.3. The van der Waals surface area contributed by atoms with Crippen LogP contribution in [0.2, 0.25) is 0 Å². The lowest BCUT2D eigenvalue weighted by molar-refractivity contribution is -0.131. The minimum Gasteiger partial charge on any atom is -0.344 e. The monoisotopic (exact) mass is 273 g/mol. The maximum atomic E-state index is 11.8. The lowest BCUT2D eigenvalue weighted by Gasteiger charge is -2.33. The summed E-state index contributed by atoms with van der Waals surface area (Å²) >= 11 is 0. The van der Waals surface area contributed by atoms with Gasteiger partial charge in [-0.3, -0.25) is 9.69 Å². The van der Waals surface area contributed by atoms with Crippen LogP contribution in [0.15, 0.2) is 0 Å². The maximum Gasteiger partial charge on any atom is 0.236 e. The molecule has 1 rings (SSSR count). The minimum absolute atomic E-state index is 0.0728. The molecule has 0 aromatic carbocycles. The van der Waals surface area contributed by atoms with Gasteiger partial charge in [0.1, 0.15) is 0 Å². The van der Waals surface area contributed by atoms with Crippen molar-refractivity contribution in [2.75, 3.05) is 38.2 Å². The van der Waals surface area contributed by atoms with Gasteiger partial charge in [0.05, 0.1) is 30.5 Å². The van der Waals surface area contributed by atoms with Gasteiger partial charge in [-0.1, -0.05) is 0 Å². The lowest BCUT2D eigenvalue weighted by atomic mass is 10.3. The molecule has 18 heavy (non-hydrogen) atoms. The van der Waals surface area contributed by atoms with Crippen molar-refractivity contribution < 1.29 is 13.2 Å². The molecule has 0 saturated carbocycles. The van der Waals surface area contributed by atoms with Gasteiger partial charge in [0.2, 0.25) is 5.91 Å². The Bertz CT molecular complexity index is 441. The van der Waals surface area contributed by atoms with Crippen LogP contribution in [-0.2, 0) is 14.6 Å². The van der Waals surface area contributed by atoms with Gasteiger partial charge >= 0.3 is 0 Å².